The Balaban J connectivity index is 1.69. The average Bonchev–Trinajstić information content (AvgIpc) is 2.97. The number of likely N-dealkylation sites (tertiary alicyclic amines) is 1. The number of benzene rings is 1. The molecular weight excluding hydrogens is 262 g/mol. The Morgan fingerprint density at radius 2 is 1.81 bits per heavy atom. The molecule has 1 aromatic rings. The van der Waals surface area contributed by atoms with Crippen LogP contribution in [0.1, 0.15) is 27.9 Å². The van der Waals surface area contributed by atoms with E-state index in [0.717, 1.165) is 62.4 Å². The largest absolute Gasteiger partial charge is 0.337 e. The minimum Gasteiger partial charge on any atom is -0.337 e. The number of rotatable bonds is 2. The standard InChI is InChI=1S/C17H25N3O/c1-13-4-3-5-14(2)16(13)17(21)20-9-6-15(12-20)19-10-7-18-8-11-19/h3-5,15,18H,6-12H2,1-2H3. The second-order valence-corrected chi connectivity index (χ2v) is 6.25. The molecule has 4 heteroatoms. The maximum absolute atomic E-state index is 12.8. The number of amides is 1. The Morgan fingerprint density at radius 3 is 2.48 bits per heavy atom. The smallest absolute Gasteiger partial charge is 0.254 e. The van der Waals surface area contributed by atoms with Crippen molar-refractivity contribution >= 4 is 5.91 Å². The predicted octanol–water partition coefficient (Wildman–Crippen LogP) is 1.42. The molecular formula is C17H25N3O. The minimum atomic E-state index is 0.211. The van der Waals surface area contributed by atoms with Crippen molar-refractivity contribution in [2.24, 2.45) is 0 Å². The zero-order chi connectivity index (χ0) is 14.8. The Labute approximate surface area is 127 Å². The zero-order valence-electron chi connectivity index (χ0n) is 13.1. The van der Waals surface area contributed by atoms with E-state index >= 15 is 0 Å². The molecule has 21 heavy (non-hydrogen) atoms. The number of aryl methyl sites for hydroxylation is 2. The molecule has 0 radical (unpaired) electrons. The third-order valence-corrected chi connectivity index (χ3v) is 4.81. The molecule has 2 aliphatic heterocycles. The van der Waals surface area contributed by atoms with Crippen molar-refractivity contribution in [2.75, 3.05) is 39.3 Å². The molecule has 0 aliphatic carbocycles. The monoisotopic (exact) mass is 287 g/mol. The van der Waals surface area contributed by atoms with Crippen LogP contribution in [0.4, 0.5) is 0 Å². The fourth-order valence-electron chi connectivity index (χ4n) is 3.58. The lowest BCUT2D eigenvalue weighted by Crippen LogP contribution is -2.49. The van der Waals surface area contributed by atoms with Crippen molar-refractivity contribution in [3.8, 4) is 0 Å². The second-order valence-electron chi connectivity index (χ2n) is 6.25. The molecule has 0 bridgehead atoms. The number of nitrogens with zero attached hydrogens (tertiary/aromatic N) is 2. The van der Waals surface area contributed by atoms with Crippen LogP contribution in [-0.4, -0.2) is 61.0 Å². The van der Waals surface area contributed by atoms with E-state index in [-0.39, 0.29) is 5.91 Å². The Hall–Kier alpha value is -1.39. The fraction of sp³-hybridized carbons (Fsp3) is 0.588. The van der Waals surface area contributed by atoms with Crippen molar-refractivity contribution in [1.82, 2.24) is 15.1 Å². The Morgan fingerprint density at radius 1 is 1.14 bits per heavy atom. The molecule has 1 amide bonds. The van der Waals surface area contributed by atoms with Crippen LogP contribution >= 0.6 is 0 Å². The van der Waals surface area contributed by atoms with E-state index in [9.17, 15) is 4.79 Å². The van der Waals surface area contributed by atoms with E-state index in [0.29, 0.717) is 6.04 Å². The first-order valence-electron chi connectivity index (χ1n) is 7.97. The highest BCUT2D eigenvalue weighted by molar-refractivity contribution is 5.97. The van der Waals surface area contributed by atoms with Crippen molar-refractivity contribution in [2.45, 2.75) is 26.3 Å². The summed E-state index contributed by atoms with van der Waals surface area (Å²) in [7, 11) is 0. The van der Waals surface area contributed by atoms with Gasteiger partial charge in [0.2, 0.25) is 0 Å². The first-order valence-corrected chi connectivity index (χ1v) is 7.97. The molecule has 1 aromatic carbocycles. The quantitative estimate of drug-likeness (QED) is 0.893. The number of hydrogen-bond donors (Lipinski definition) is 1. The summed E-state index contributed by atoms with van der Waals surface area (Å²) >= 11 is 0. The van der Waals surface area contributed by atoms with Gasteiger partial charge in [-0.3, -0.25) is 9.69 Å². The highest BCUT2D eigenvalue weighted by Crippen LogP contribution is 2.21. The maximum Gasteiger partial charge on any atom is 0.254 e. The van der Waals surface area contributed by atoms with Gasteiger partial charge in [0.05, 0.1) is 0 Å². The van der Waals surface area contributed by atoms with Gasteiger partial charge in [-0.15, -0.1) is 0 Å². The van der Waals surface area contributed by atoms with Gasteiger partial charge >= 0.3 is 0 Å². The van der Waals surface area contributed by atoms with Gasteiger partial charge in [0.1, 0.15) is 0 Å². The molecule has 1 unspecified atom stereocenters. The van der Waals surface area contributed by atoms with Gasteiger partial charge in [0.25, 0.3) is 5.91 Å². The molecule has 0 aromatic heterocycles. The van der Waals surface area contributed by atoms with E-state index in [1.54, 1.807) is 0 Å². The molecule has 114 valence electrons. The summed E-state index contributed by atoms with van der Waals surface area (Å²) in [6, 6.07) is 6.63. The molecule has 4 nitrogen and oxygen atoms in total. The summed E-state index contributed by atoms with van der Waals surface area (Å²) in [5.41, 5.74) is 3.08. The van der Waals surface area contributed by atoms with E-state index in [2.05, 4.69) is 10.2 Å². The van der Waals surface area contributed by atoms with Crippen LogP contribution < -0.4 is 5.32 Å². The summed E-state index contributed by atoms with van der Waals surface area (Å²) in [5.74, 6) is 0.211. The van der Waals surface area contributed by atoms with Gasteiger partial charge in [-0.2, -0.15) is 0 Å². The van der Waals surface area contributed by atoms with Gasteiger partial charge in [-0.25, -0.2) is 0 Å². The van der Waals surface area contributed by atoms with Gasteiger partial charge in [0.15, 0.2) is 0 Å². The van der Waals surface area contributed by atoms with Gasteiger partial charge in [0, 0.05) is 50.9 Å². The molecule has 2 fully saturated rings. The van der Waals surface area contributed by atoms with Crippen LogP contribution in [-0.2, 0) is 0 Å². The first kappa shape index (κ1) is 14.5. The summed E-state index contributed by atoms with van der Waals surface area (Å²) in [4.78, 5) is 17.4. The van der Waals surface area contributed by atoms with Crippen molar-refractivity contribution in [3.05, 3.63) is 34.9 Å². The van der Waals surface area contributed by atoms with Crippen LogP contribution in [0.3, 0.4) is 0 Å². The van der Waals surface area contributed by atoms with Crippen molar-refractivity contribution in [3.63, 3.8) is 0 Å². The average molecular weight is 287 g/mol. The highest BCUT2D eigenvalue weighted by atomic mass is 16.2. The number of nitrogens with one attached hydrogen (secondary N) is 1. The van der Waals surface area contributed by atoms with Crippen molar-refractivity contribution < 1.29 is 4.79 Å². The summed E-state index contributed by atoms with van der Waals surface area (Å²) in [6.45, 7) is 10.2. The molecule has 2 aliphatic rings. The molecule has 0 saturated carbocycles. The third-order valence-electron chi connectivity index (χ3n) is 4.81. The van der Waals surface area contributed by atoms with E-state index < -0.39 is 0 Å². The van der Waals surface area contributed by atoms with Crippen LogP contribution in [0.25, 0.3) is 0 Å². The summed E-state index contributed by atoms with van der Waals surface area (Å²) in [6.07, 6.45) is 1.11. The lowest BCUT2D eigenvalue weighted by Gasteiger charge is -2.32. The van der Waals surface area contributed by atoms with E-state index in [1.165, 1.54) is 0 Å². The van der Waals surface area contributed by atoms with Gasteiger partial charge < -0.3 is 10.2 Å². The highest BCUT2D eigenvalue weighted by Gasteiger charge is 2.32. The topological polar surface area (TPSA) is 35.6 Å². The normalized spacial score (nSPS) is 23.5. The molecule has 3 rings (SSSR count). The minimum absolute atomic E-state index is 0.211. The SMILES string of the molecule is Cc1cccc(C)c1C(=O)N1CCC(N2CCNCC2)C1. The van der Waals surface area contributed by atoms with Crippen LogP contribution in [0.2, 0.25) is 0 Å². The molecule has 1 atom stereocenters. The number of hydrogen-bond acceptors (Lipinski definition) is 3. The summed E-state index contributed by atoms with van der Waals surface area (Å²) < 4.78 is 0. The number of carbonyl (C=O) groups excluding carboxylic acids is 1. The molecule has 2 heterocycles. The lowest BCUT2D eigenvalue weighted by molar-refractivity contribution is 0.0772. The maximum atomic E-state index is 12.8. The fourth-order valence-corrected chi connectivity index (χ4v) is 3.58. The van der Waals surface area contributed by atoms with Crippen LogP contribution in [0.15, 0.2) is 18.2 Å². The second kappa shape index (κ2) is 6.16. The molecule has 0 spiro atoms. The van der Waals surface area contributed by atoms with Gasteiger partial charge in [-0.05, 0) is 31.4 Å². The van der Waals surface area contributed by atoms with E-state index in [1.807, 2.05) is 36.9 Å². The third kappa shape index (κ3) is 2.97. The summed E-state index contributed by atoms with van der Waals surface area (Å²) in [5, 5.41) is 3.39. The number of carbonyl (C=O) groups is 1. The first-order chi connectivity index (χ1) is 10.2. The zero-order valence-corrected chi connectivity index (χ0v) is 13.1. The van der Waals surface area contributed by atoms with Crippen LogP contribution in [0.5, 0.6) is 0 Å². The number of piperazine rings is 1. The molecule has 1 N–H and O–H groups in total. The van der Waals surface area contributed by atoms with E-state index in [4.69, 9.17) is 0 Å². The Kier molecular flexibility index (Phi) is 4.27. The predicted molar refractivity (Wildman–Crippen MR) is 84.7 cm³/mol. The Bertz CT molecular complexity index is 503. The van der Waals surface area contributed by atoms with Crippen LogP contribution in [0, 0.1) is 13.8 Å². The lowest BCUT2D eigenvalue weighted by atomic mass is 10.0. The van der Waals surface area contributed by atoms with Crippen molar-refractivity contribution in [1.29, 1.82) is 0 Å². The molecule has 2 saturated heterocycles. The van der Waals surface area contributed by atoms with Gasteiger partial charge in [-0.1, -0.05) is 18.2 Å².